The van der Waals surface area contributed by atoms with Crippen LogP contribution in [0.5, 0.6) is 5.75 Å². The summed E-state index contributed by atoms with van der Waals surface area (Å²) in [6, 6.07) is 7.98. The number of esters is 1. The number of carbonyl (C=O) groups excluding carboxylic acids is 2. The molecule has 2 rings (SSSR count). The predicted molar refractivity (Wildman–Crippen MR) is 90.7 cm³/mol. The number of halogens is 3. The summed E-state index contributed by atoms with van der Waals surface area (Å²) in [5.74, 6) is -2.60. The van der Waals surface area contributed by atoms with E-state index in [1.165, 1.54) is 37.3 Å². The standard InChI is InChI=1S/C16H12BrClFNO4/c1-8(15(22)20-13-4-2-9(17)6-12(13)19)24-16(23)11-7-10(18)3-5-14(11)21/h2-8,21H,1H3,(H,20,22). The number of hydrogen-bond acceptors (Lipinski definition) is 4. The van der Waals surface area contributed by atoms with Crippen molar-refractivity contribution in [3.8, 4) is 5.75 Å². The van der Waals surface area contributed by atoms with Crippen molar-refractivity contribution >= 4 is 45.1 Å². The van der Waals surface area contributed by atoms with Gasteiger partial charge in [0.25, 0.3) is 5.91 Å². The Bertz CT molecular complexity index is 800. The average molecular weight is 417 g/mol. The highest BCUT2D eigenvalue weighted by Crippen LogP contribution is 2.23. The summed E-state index contributed by atoms with van der Waals surface area (Å²) in [4.78, 5) is 24.0. The predicted octanol–water partition coefficient (Wildman–Crippen LogP) is 4.13. The van der Waals surface area contributed by atoms with Crippen molar-refractivity contribution in [3.05, 3.63) is 57.3 Å². The van der Waals surface area contributed by atoms with E-state index < -0.39 is 23.8 Å². The molecule has 0 saturated heterocycles. The quantitative estimate of drug-likeness (QED) is 0.735. The van der Waals surface area contributed by atoms with E-state index in [4.69, 9.17) is 16.3 Å². The van der Waals surface area contributed by atoms with E-state index in [1.54, 1.807) is 6.07 Å². The second kappa shape index (κ2) is 7.63. The molecule has 0 heterocycles. The molecule has 0 aliphatic rings. The lowest BCUT2D eigenvalue weighted by Crippen LogP contribution is -2.30. The lowest BCUT2D eigenvalue weighted by atomic mass is 10.2. The van der Waals surface area contributed by atoms with Crippen LogP contribution in [0.1, 0.15) is 17.3 Å². The van der Waals surface area contributed by atoms with Crippen LogP contribution >= 0.6 is 27.5 Å². The molecule has 2 aromatic carbocycles. The van der Waals surface area contributed by atoms with Gasteiger partial charge in [0.05, 0.1) is 5.69 Å². The van der Waals surface area contributed by atoms with Crippen LogP contribution in [0, 0.1) is 5.82 Å². The van der Waals surface area contributed by atoms with Gasteiger partial charge in [0.2, 0.25) is 0 Å². The first kappa shape index (κ1) is 18.2. The maximum absolute atomic E-state index is 13.7. The minimum Gasteiger partial charge on any atom is -0.507 e. The van der Waals surface area contributed by atoms with E-state index >= 15 is 0 Å². The van der Waals surface area contributed by atoms with Gasteiger partial charge in [-0.2, -0.15) is 0 Å². The highest BCUT2D eigenvalue weighted by Gasteiger charge is 2.22. The number of anilines is 1. The van der Waals surface area contributed by atoms with Crippen LogP contribution in [0.3, 0.4) is 0 Å². The molecule has 0 aromatic heterocycles. The number of aromatic hydroxyl groups is 1. The van der Waals surface area contributed by atoms with Gasteiger partial charge in [-0.3, -0.25) is 4.79 Å². The van der Waals surface area contributed by atoms with Gasteiger partial charge in [0.15, 0.2) is 6.10 Å². The fraction of sp³-hybridized carbons (Fsp3) is 0.125. The van der Waals surface area contributed by atoms with E-state index in [0.717, 1.165) is 0 Å². The molecular formula is C16H12BrClFNO4. The fourth-order valence-electron chi connectivity index (χ4n) is 1.77. The van der Waals surface area contributed by atoms with Crippen molar-refractivity contribution in [3.63, 3.8) is 0 Å². The fourth-order valence-corrected chi connectivity index (χ4v) is 2.28. The zero-order valence-electron chi connectivity index (χ0n) is 12.3. The molecule has 2 N–H and O–H groups in total. The van der Waals surface area contributed by atoms with Gasteiger partial charge in [0, 0.05) is 9.50 Å². The summed E-state index contributed by atoms with van der Waals surface area (Å²) in [5.41, 5.74) is -0.214. The minimum absolute atomic E-state index is 0.0447. The SMILES string of the molecule is CC(OC(=O)c1cc(Cl)ccc1O)C(=O)Nc1ccc(Br)cc1F. The van der Waals surface area contributed by atoms with Gasteiger partial charge in [-0.15, -0.1) is 0 Å². The van der Waals surface area contributed by atoms with Crippen LogP contribution in [0.25, 0.3) is 0 Å². The van der Waals surface area contributed by atoms with E-state index in [1.807, 2.05) is 0 Å². The summed E-state index contributed by atoms with van der Waals surface area (Å²) in [5, 5.41) is 12.2. The first-order chi connectivity index (χ1) is 11.3. The van der Waals surface area contributed by atoms with E-state index in [-0.39, 0.29) is 22.0 Å². The third kappa shape index (κ3) is 4.46. The molecule has 8 heteroatoms. The van der Waals surface area contributed by atoms with E-state index in [9.17, 15) is 19.1 Å². The Labute approximate surface area is 150 Å². The Balaban J connectivity index is 2.05. The van der Waals surface area contributed by atoms with Crippen molar-refractivity contribution in [1.82, 2.24) is 0 Å². The lowest BCUT2D eigenvalue weighted by Gasteiger charge is -2.14. The van der Waals surface area contributed by atoms with Crippen LogP contribution in [0.15, 0.2) is 40.9 Å². The third-order valence-electron chi connectivity index (χ3n) is 3.02. The van der Waals surface area contributed by atoms with E-state index in [2.05, 4.69) is 21.2 Å². The second-order valence-electron chi connectivity index (χ2n) is 4.82. The Morgan fingerprint density at radius 3 is 2.67 bits per heavy atom. The summed E-state index contributed by atoms with van der Waals surface area (Å²) >= 11 is 8.86. The lowest BCUT2D eigenvalue weighted by molar-refractivity contribution is -0.123. The number of phenolic OH excluding ortho intramolecular Hbond substituents is 1. The smallest absolute Gasteiger partial charge is 0.342 e. The molecule has 1 unspecified atom stereocenters. The number of rotatable bonds is 4. The number of hydrogen-bond donors (Lipinski definition) is 2. The first-order valence-corrected chi connectivity index (χ1v) is 7.90. The summed E-state index contributed by atoms with van der Waals surface area (Å²) in [6.07, 6.45) is -1.21. The number of benzene rings is 2. The molecule has 2 aromatic rings. The Morgan fingerprint density at radius 2 is 2.00 bits per heavy atom. The number of nitrogens with one attached hydrogen (secondary N) is 1. The van der Waals surface area contributed by atoms with Crippen LogP contribution in [0.2, 0.25) is 5.02 Å². The van der Waals surface area contributed by atoms with Crippen LogP contribution in [0.4, 0.5) is 10.1 Å². The Morgan fingerprint density at radius 1 is 1.29 bits per heavy atom. The summed E-state index contributed by atoms with van der Waals surface area (Å²) in [6.45, 7) is 1.32. The van der Waals surface area contributed by atoms with Gasteiger partial charge in [-0.1, -0.05) is 27.5 Å². The second-order valence-corrected chi connectivity index (χ2v) is 6.17. The van der Waals surface area contributed by atoms with Gasteiger partial charge in [-0.05, 0) is 43.3 Å². The van der Waals surface area contributed by atoms with Gasteiger partial charge in [0.1, 0.15) is 17.1 Å². The molecule has 0 bridgehead atoms. The van der Waals surface area contributed by atoms with Gasteiger partial charge >= 0.3 is 5.97 Å². The van der Waals surface area contributed by atoms with Crippen molar-refractivity contribution in [2.45, 2.75) is 13.0 Å². The monoisotopic (exact) mass is 415 g/mol. The molecule has 0 spiro atoms. The number of ether oxygens (including phenoxy) is 1. The number of amides is 1. The Kier molecular flexibility index (Phi) is 5.80. The molecule has 0 aliphatic heterocycles. The molecule has 5 nitrogen and oxygen atoms in total. The minimum atomic E-state index is -1.21. The highest BCUT2D eigenvalue weighted by atomic mass is 79.9. The molecule has 0 aliphatic carbocycles. The third-order valence-corrected chi connectivity index (χ3v) is 3.75. The molecule has 0 saturated carbocycles. The summed E-state index contributed by atoms with van der Waals surface area (Å²) < 4.78 is 19.2. The molecule has 0 radical (unpaired) electrons. The summed E-state index contributed by atoms with van der Waals surface area (Å²) in [7, 11) is 0. The topological polar surface area (TPSA) is 75.6 Å². The molecule has 1 amide bonds. The Hall–Kier alpha value is -2.12. The van der Waals surface area contributed by atoms with Gasteiger partial charge in [-0.25, -0.2) is 9.18 Å². The molecular weight excluding hydrogens is 405 g/mol. The van der Waals surface area contributed by atoms with Crippen molar-refractivity contribution in [1.29, 1.82) is 0 Å². The van der Waals surface area contributed by atoms with Crippen LogP contribution < -0.4 is 5.32 Å². The van der Waals surface area contributed by atoms with Crippen molar-refractivity contribution in [2.75, 3.05) is 5.32 Å². The zero-order valence-corrected chi connectivity index (χ0v) is 14.7. The molecule has 1 atom stereocenters. The van der Waals surface area contributed by atoms with Gasteiger partial charge < -0.3 is 15.2 Å². The van der Waals surface area contributed by atoms with Crippen LogP contribution in [-0.2, 0) is 9.53 Å². The van der Waals surface area contributed by atoms with Crippen LogP contribution in [-0.4, -0.2) is 23.1 Å². The number of phenols is 1. The maximum Gasteiger partial charge on any atom is 0.342 e. The first-order valence-electron chi connectivity index (χ1n) is 6.73. The molecule has 0 fully saturated rings. The van der Waals surface area contributed by atoms with Crippen molar-refractivity contribution < 1.29 is 23.8 Å². The molecule has 24 heavy (non-hydrogen) atoms. The normalized spacial score (nSPS) is 11.7. The number of carbonyl (C=O) groups is 2. The van der Waals surface area contributed by atoms with E-state index in [0.29, 0.717) is 4.47 Å². The average Bonchev–Trinajstić information content (AvgIpc) is 2.52. The maximum atomic E-state index is 13.7. The van der Waals surface area contributed by atoms with Crippen molar-refractivity contribution in [2.24, 2.45) is 0 Å². The highest BCUT2D eigenvalue weighted by molar-refractivity contribution is 9.10. The molecule has 126 valence electrons. The largest absolute Gasteiger partial charge is 0.507 e. The zero-order chi connectivity index (χ0) is 17.9.